The van der Waals surface area contributed by atoms with E-state index in [1.807, 2.05) is 0 Å². The molecule has 9 heteroatoms. The molecule has 2 aromatic heterocycles. The molecule has 1 atom stereocenters. The first-order chi connectivity index (χ1) is 16.0. The van der Waals surface area contributed by atoms with Crippen molar-refractivity contribution >= 4 is 17.7 Å². The standard InChI is InChI=1S/C24H19FN2O6/c1-15-13-21(27-33-15)26-23(28)22(16-5-3-2-4-6-16)32-24(29)20-12-11-19(31-20)14-30-18-9-7-17(25)8-10-18/h2-13,22H,14H2,1H3,(H,26,27,28). The summed E-state index contributed by atoms with van der Waals surface area (Å²) in [6.45, 7) is 1.71. The molecule has 0 aliphatic rings. The molecule has 1 unspecified atom stereocenters. The first-order valence-electron chi connectivity index (χ1n) is 9.95. The number of benzene rings is 2. The van der Waals surface area contributed by atoms with Crippen molar-refractivity contribution in [2.45, 2.75) is 19.6 Å². The zero-order valence-electron chi connectivity index (χ0n) is 17.5. The van der Waals surface area contributed by atoms with Gasteiger partial charge in [0.1, 0.15) is 29.7 Å². The van der Waals surface area contributed by atoms with Crippen LogP contribution in [0.5, 0.6) is 5.75 Å². The number of rotatable bonds is 8. The molecule has 0 spiro atoms. The molecule has 0 bridgehead atoms. The minimum atomic E-state index is -1.25. The Hall–Kier alpha value is -4.40. The number of aromatic nitrogens is 1. The zero-order valence-corrected chi connectivity index (χ0v) is 17.5. The van der Waals surface area contributed by atoms with Crippen molar-refractivity contribution in [3.63, 3.8) is 0 Å². The van der Waals surface area contributed by atoms with E-state index in [1.165, 1.54) is 30.3 Å². The first kappa shape index (κ1) is 21.8. The molecule has 0 radical (unpaired) electrons. The smallest absolute Gasteiger partial charge is 0.375 e. The fourth-order valence-electron chi connectivity index (χ4n) is 2.93. The molecule has 4 aromatic rings. The van der Waals surface area contributed by atoms with Gasteiger partial charge in [0.2, 0.25) is 11.9 Å². The normalized spacial score (nSPS) is 11.6. The number of anilines is 1. The average molecular weight is 450 g/mol. The van der Waals surface area contributed by atoms with E-state index in [1.54, 1.807) is 49.4 Å². The number of ether oxygens (including phenoxy) is 2. The van der Waals surface area contributed by atoms with Crippen molar-refractivity contribution in [1.82, 2.24) is 5.16 Å². The quantitative estimate of drug-likeness (QED) is 0.384. The summed E-state index contributed by atoms with van der Waals surface area (Å²) < 4.78 is 34.4. The van der Waals surface area contributed by atoms with Crippen LogP contribution < -0.4 is 10.1 Å². The van der Waals surface area contributed by atoms with Crippen molar-refractivity contribution in [3.05, 3.63) is 101 Å². The fourth-order valence-corrected chi connectivity index (χ4v) is 2.93. The van der Waals surface area contributed by atoms with Gasteiger partial charge in [-0.25, -0.2) is 9.18 Å². The molecular formula is C24H19FN2O6. The highest BCUT2D eigenvalue weighted by Gasteiger charge is 2.28. The van der Waals surface area contributed by atoms with Crippen LogP contribution >= 0.6 is 0 Å². The average Bonchev–Trinajstić information content (AvgIpc) is 3.46. The van der Waals surface area contributed by atoms with Crippen molar-refractivity contribution in [2.75, 3.05) is 5.32 Å². The van der Waals surface area contributed by atoms with Crippen molar-refractivity contribution in [2.24, 2.45) is 0 Å². The van der Waals surface area contributed by atoms with Gasteiger partial charge in [0.05, 0.1) is 0 Å². The summed E-state index contributed by atoms with van der Waals surface area (Å²) in [5, 5.41) is 6.29. The molecule has 0 aliphatic carbocycles. The van der Waals surface area contributed by atoms with Crippen LogP contribution in [0.1, 0.15) is 33.7 Å². The Morgan fingerprint density at radius 3 is 2.52 bits per heavy atom. The number of esters is 1. The largest absolute Gasteiger partial charge is 0.486 e. The number of nitrogens with one attached hydrogen (secondary N) is 1. The van der Waals surface area contributed by atoms with Gasteiger partial charge in [0.15, 0.2) is 5.82 Å². The van der Waals surface area contributed by atoms with Gasteiger partial charge >= 0.3 is 5.97 Å². The van der Waals surface area contributed by atoms with E-state index in [0.29, 0.717) is 22.8 Å². The molecule has 0 fully saturated rings. The van der Waals surface area contributed by atoms with Gasteiger partial charge < -0.3 is 23.7 Å². The van der Waals surface area contributed by atoms with Gasteiger partial charge in [-0.05, 0) is 43.3 Å². The third kappa shape index (κ3) is 5.65. The Kier molecular flexibility index (Phi) is 6.49. The Morgan fingerprint density at radius 1 is 1.06 bits per heavy atom. The maximum atomic E-state index is 13.0. The second-order valence-corrected chi connectivity index (χ2v) is 7.02. The second kappa shape index (κ2) is 9.82. The van der Waals surface area contributed by atoms with Crippen LogP contribution in [0, 0.1) is 12.7 Å². The van der Waals surface area contributed by atoms with Crippen LogP contribution in [-0.2, 0) is 16.1 Å². The number of amides is 1. The van der Waals surface area contributed by atoms with Crippen LogP contribution in [0.3, 0.4) is 0 Å². The highest BCUT2D eigenvalue weighted by molar-refractivity contribution is 5.97. The number of nitrogens with zero attached hydrogens (tertiary/aromatic N) is 1. The van der Waals surface area contributed by atoms with Crippen LogP contribution in [0.2, 0.25) is 0 Å². The van der Waals surface area contributed by atoms with Gasteiger partial charge in [0.25, 0.3) is 5.91 Å². The lowest BCUT2D eigenvalue weighted by Crippen LogP contribution is -2.26. The summed E-state index contributed by atoms with van der Waals surface area (Å²) in [4.78, 5) is 25.5. The number of hydrogen-bond acceptors (Lipinski definition) is 7. The van der Waals surface area contributed by atoms with Gasteiger partial charge in [-0.3, -0.25) is 4.79 Å². The number of halogens is 1. The molecule has 33 heavy (non-hydrogen) atoms. The third-order valence-electron chi connectivity index (χ3n) is 4.50. The van der Waals surface area contributed by atoms with Crippen molar-refractivity contribution in [1.29, 1.82) is 0 Å². The molecule has 1 N–H and O–H groups in total. The van der Waals surface area contributed by atoms with E-state index in [0.717, 1.165) is 0 Å². The van der Waals surface area contributed by atoms with Gasteiger partial charge in [-0.1, -0.05) is 35.5 Å². The summed E-state index contributed by atoms with van der Waals surface area (Å²) in [6.07, 6.45) is -1.25. The SMILES string of the molecule is Cc1cc(NC(=O)C(OC(=O)c2ccc(COc3ccc(F)cc3)o2)c2ccccc2)no1. The molecule has 2 aromatic carbocycles. The Balaban J connectivity index is 1.44. The monoisotopic (exact) mass is 450 g/mol. The summed E-state index contributed by atoms with van der Waals surface area (Å²) in [5.74, 6) is -0.388. The maximum Gasteiger partial charge on any atom is 0.375 e. The summed E-state index contributed by atoms with van der Waals surface area (Å²) >= 11 is 0. The van der Waals surface area contributed by atoms with Gasteiger partial charge in [-0.2, -0.15) is 0 Å². The minimum Gasteiger partial charge on any atom is -0.486 e. The van der Waals surface area contributed by atoms with Crippen LogP contribution in [-0.4, -0.2) is 17.0 Å². The van der Waals surface area contributed by atoms with E-state index >= 15 is 0 Å². The molecule has 1 amide bonds. The van der Waals surface area contributed by atoms with E-state index < -0.39 is 18.0 Å². The summed E-state index contributed by atoms with van der Waals surface area (Å²) in [6, 6.07) is 18.6. The summed E-state index contributed by atoms with van der Waals surface area (Å²) in [5.41, 5.74) is 0.468. The lowest BCUT2D eigenvalue weighted by Gasteiger charge is -2.16. The fraction of sp³-hybridized carbons (Fsp3) is 0.125. The number of hydrogen-bond donors (Lipinski definition) is 1. The number of aryl methyl sites for hydroxylation is 1. The molecule has 4 rings (SSSR count). The van der Waals surface area contributed by atoms with E-state index in [4.69, 9.17) is 18.4 Å². The molecule has 0 saturated carbocycles. The van der Waals surface area contributed by atoms with Crippen molar-refractivity contribution < 1.29 is 32.4 Å². The Labute approximate surface area is 187 Å². The van der Waals surface area contributed by atoms with E-state index in [2.05, 4.69) is 10.5 Å². The minimum absolute atomic E-state index is 0.0209. The van der Waals surface area contributed by atoms with Crippen LogP contribution in [0.4, 0.5) is 10.2 Å². The zero-order chi connectivity index (χ0) is 23.2. The van der Waals surface area contributed by atoms with E-state index in [-0.39, 0.29) is 24.0 Å². The first-order valence-corrected chi connectivity index (χ1v) is 9.95. The van der Waals surface area contributed by atoms with Crippen LogP contribution in [0.25, 0.3) is 0 Å². The van der Waals surface area contributed by atoms with Crippen molar-refractivity contribution in [3.8, 4) is 5.75 Å². The third-order valence-corrected chi connectivity index (χ3v) is 4.50. The molecule has 0 aliphatic heterocycles. The Morgan fingerprint density at radius 2 is 1.82 bits per heavy atom. The van der Waals surface area contributed by atoms with E-state index in [9.17, 15) is 14.0 Å². The van der Waals surface area contributed by atoms with Gasteiger partial charge in [-0.15, -0.1) is 0 Å². The lowest BCUT2D eigenvalue weighted by atomic mass is 10.1. The number of furan rings is 1. The topological polar surface area (TPSA) is 104 Å². The molecule has 2 heterocycles. The van der Waals surface area contributed by atoms with Crippen LogP contribution in [0.15, 0.2) is 81.7 Å². The molecule has 8 nitrogen and oxygen atoms in total. The highest BCUT2D eigenvalue weighted by Crippen LogP contribution is 2.23. The predicted octanol–water partition coefficient (Wildman–Crippen LogP) is 4.83. The number of carbonyl (C=O) groups is 2. The molecular weight excluding hydrogens is 431 g/mol. The Bertz CT molecular complexity index is 1230. The predicted molar refractivity (Wildman–Crippen MR) is 114 cm³/mol. The molecule has 0 saturated heterocycles. The maximum absolute atomic E-state index is 13.0. The molecule has 168 valence electrons. The number of carbonyl (C=O) groups excluding carboxylic acids is 2. The summed E-state index contributed by atoms with van der Waals surface area (Å²) in [7, 11) is 0. The highest BCUT2D eigenvalue weighted by atomic mass is 19.1. The lowest BCUT2D eigenvalue weighted by molar-refractivity contribution is -0.125. The van der Waals surface area contributed by atoms with Gasteiger partial charge in [0, 0.05) is 11.6 Å². The second-order valence-electron chi connectivity index (χ2n) is 7.02.